The number of anilines is 2. The maximum atomic E-state index is 12.5. The molecule has 0 unspecified atom stereocenters. The van der Waals surface area contributed by atoms with E-state index in [1.54, 1.807) is 0 Å². The Morgan fingerprint density at radius 3 is 1.19 bits per heavy atom. The molecule has 64 heavy (non-hydrogen) atoms. The zero-order valence-corrected chi connectivity index (χ0v) is 33.2. The summed E-state index contributed by atoms with van der Waals surface area (Å²) < 4.78 is 35.2. The zero-order chi connectivity index (χ0) is 46.3. The quantitative estimate of drug-likeness (QED) is 0.0593. The van der Waals surface area contributed by atoms with Gasteiger partial charge in [-0.15, -0.1) is 10.2 Å². The monoisotopic (exact) mass is 922 g/mol. The number of ether oxygens (including phenoxy) is 6. The van der Waals surface area contributed by atoms with Gasteiger partial charge >= 0.3 is 0 Å². The molecule has 4 saturated heterocycles. The van der Waals surface area contributed by atoms with Crippen LogP contribution in [0.2, 0.25) is 0 Å². The van der Waals surface area contributed by atoms with Crippen molar-refractivity contribution in [2.45, 2.75) is 136 Å². The Labute approximate surface area is 358 Å². The number of aliphatic hydroxyl groups is 14. The van der Waals surface area contributed by atoms with E-state index in [1.165, 1.54) is 12.4 Å². The molecule has 0 bridgehead atoms. The van der Waals surface area contributed by atoms with Crippen LogP contribution in [0.5, 0.6) is 0 Å². The van der Waals surface area contributed by atoms with Gasteiger partial charge in [-0.1, -0.05) is 10.4 Å². The van der Waals surface area contributed by atoms with Gasteiger partial charge in [-0.25, -0.2) is 9.36 Å². The summed E-state index contributed by atoms with van der Waals surface area (Å²) in [5, 5.41) is 165. The third-order valence-corrected chi connectivity index (χ3v) is 11.4. The molecule has 0 saturated carbocycles. The number of rotatable bonds is 16. The summed E-state index contributed by atoms with van der Waals surface area (Å²) in [5.41, 5.74) is -1.77. The fourth-order valence-corrected chi connectivity index (χ4v) is 7.70. The highest BCUT2D eigenvalue weighted by atomic mass is 16.7. The first-order chi connectivity index (χ1) is 30.5. The second-order valence-corrected chi connectivity index (χ2v) is 15.5. The predicted octanol–water partition coefficient (Wildman–Crippen LogP) is -10.7. The highest BCUT2D eigenvalue weighted by Gasteiger charge is 2.53. The second kappa shape index (κ2) is 19.9. The Kier molecular flexibility index (Phi) is 15.0. The number of nitrogens with one attached hydrogen (secondary N) is 2. The molecule has 0 amide bonds. The Balaban J connectivity index is 0.934. The van der Waals surface area contributed by atoms with E-state index < -0.39 is 160 Å². The van der Waals surface area contributed by atoms with Crippen LogP contribution >= 0.6 is 0 Å². The van der Waals surface area contributed by atoms with Gasteiger partial charge in [0.2, 0.25) is 0 Å². The molecular formula is C34H50N8O22. The molecule has 30 heteroatoms. The molecule has 7 rings (SSSR count). The normalized spacial score (nSPS) is 40.7. The van der Waals surface area contributed by atoms with Crippen molar-refractivity contribution in [1.29, 1.82) is 0 Å². The van der Waals surface area contributed by atoms with Crippen LogP contribution in [0, 0.1) is 0 Å². The van der Waals surface area contributed by atoms with Crippen molar-refractivity contribution in [1.82, 2.24) is 30.0 Å². The van der Waals surface area contributed by atoms with Crippen LogP contribution in [-0.4, -0.2) is 238 Å². The van der Waals surface area contributed by atoms with E-state index in [0.29, 0.717) is 0 Å². The van der Waals surface area contributed by atoms with Gasteiger partial charge in [0.15, 0.2) is 25.0 Å². The Bertz CT molecular complexity index is 1920. The van der Waals surface area contributed by atoms with Crippen LogP contribution in [0.15, 0.2) is 22.0 Å². The van der Waals surface area contributed by atoms with Gasteiger partial charge in [-0.3, -0.25) is 9.59 Å². The van der Waals surface area contributed by atoms with E-state index in [1.807, 2.05) is 0 Å². The summed E-state index contributed by atoms with van der Waals surface area (Å²) in [4.78, 5) is 25.0. The van der Waals surface area contributed by atoms with Crippen LogP contribution in [0.3, 0.4) is 0 Å². The molecule has 4 fully saturated rings. The predicted molar refractivity (Wildman–Crippen MR) is 199 cm³/mol. The average Bonchev–Trinajstić information content (AvgIpc) is 3.98. The molecule has 3 aromatic rings. The molecule has 2 aromatic heterocycles. The maximum Gasteiger partial charge on any atom is 0.253 e. The summed E-state index contributed by atoms with van der Waals surface area (Å²) in [5.74, 6) is 0. The first-order valence-electron chi connectivity index (χ1n) is 19.8. The van der Waals surface area contributed by atoms with Crippen molar-refractivity contribution in [3.05, 3.63) is 44.2 Å². The van der Waals surface area contributed by atoms with Gasteiger partial charge in [-0.05, 0) is 0 Å². The first-order valence-corrected chi connectivity index (χ1v) is 19.8. The minimum atomic E-state index is -1.85. The third-order valence-electron chi connectivity index (χ3n) is 11.4. The molecule has 6 heterocycles. The lowest BCUT2D eigenvalue weighted by atomic mass is 9.96. The maximum absolute atomic E-state index is 12.5. The van der Waals surface area contributed by atoms with Crippen LogP contribution in [0.25, 0.3) is 0 Å². The number of aromatic nitrogens is 6. The summed E-state index contributed by atoms with van der Waals surface area (Å²) in [7, 11) is 0. The third kappa shape index (κ3) is 9.14. The molecule has 0 radical (unpaired) electrons. The van der Waals surface area contributed by atoms with Crippen LogP contribution in [-0.2, 0) is 41.5 Å². The molecule has 358 valence electrons. The van der Waals surface area contributed by atoms with Crippen molar-refractivity contribution in [2.75, 3.05) is 37.1 Å². The van der Waals surface area contributed by atoms with Gasteiger partial charge in [0, 0.05) is 0 Å². The summed E-state index contributed by atoms with van der Waals surface area (Å²) in [6.45, 7) is -3.53. The Morgan fingerprint density at radius 1 is 0.484 bits per heavy atom. The molecule has 0 spiro atoms. The number of nitrogens with zero attached hydrogens (tertiary/aromatic N) is 6. The smallest absolute Gasteiger partial charge is 0.253 e. The number of aliphatic hydroxyl groups excluding tert-OH is 14. The SMILES string of the molecule is O=c1c(NCc2cn([C@@H]3O[C@H](CO)[C@H](O[C@@H]4O[C@H](CO)[C@H](O)[C@H](O)[C@H]4O)[C@H](O)[C@H]3O)nn2)c(NCc2cn([C@@H]3O[C@H](CO)[C@H](O[C@@H]4O[C@H](CO)[C@H](O)[C@H](O)[C@H]4O)[C@H](O)[C@H]3O)nn2)c1=O. The fraction of sp³-hybridized carbons (Fsp3) is 0.765. The van der Waals surface area contributed by atoms with Gasteiger partial charge < -0.3 is 111 Å². The minimum absolute atomic E-state index is 0.141. The highest BCUT2D eigenvalue weighted by molar-refractivity contribution is 5.73. The summed E-state index contributed by atoms with van der Waals surface area (Å²) in [6, 6.07) is 0. The van der Waals surface area contributed by atoms with Crippen molar-refractivity contribution in [3.8, 4) is 0 Å². The minimum Gasteiger partial charge on any atom is -0.394 e. The van der Waals surface area contributed by atoms with Crippen molar-refractivity contribution >= 4 is 11.4 Å². The van der Waals surface area contributed by atoms with E-state index in [9.17, 15) is 81.1 Å². The van der Waals surface area contributed by atoms with Gasteiger partial charge in [0.05, 0.1) is 51.9 Å². The molecule has 0 aliphatic carbocycles. The van der Waals surface area contributed by atoms with E-state index in [-0.39, 0.29) is 35.9 Å². The molecule has 1 aromatic carbocycles. The average molecular weight is 923 g/mol. The lowest BCUT2D eigenvalue weighted by Gasteiger charge is -2.45. The lowest BCUT2D eigenvalue weighted by molar-refractivity contribution is -0.347. The highest BCUT2D eigenvalue weighted by Crippen LogP contribution is 2.34. The molecular weight excluding hydrogens is 872 g/mol. The fourth-order valence-electron chi connectivity index (χ4n) is 7.70. The molecule has 30 nitrogen and oxygen atoms in total. The first kappa shape index (κ1) is 48.1. The molecule has 20 atom stereocenters. The second-order valence-electron chi connectivity index (χ2n) is 15.5. The Hall–Kier alpha value is -3.84. The van der Waals surface area contributed by atoms with Crippen molar-refractivity contribution < 1.29 is 99.9 Å². The van der Waals surface area contributed by atoms with E-state index >= 15 is 0 Å². The van der Waals surface area contributed by atoms with Crippen molar-refractivity contribution in [3.63, 3.8) is 0 Å². The molecule has 16 N–H and O–H groups in total. The number of hydrogen-bond acceptors (Lipinski definition) is 28. The van der Waals surface area contributed by atoms with E-state index in [0.717, 1.165) is 9.36 Å². The Morgan fingerprint density at radius 2 is 0.844 bits per heavy atom. The van der Waals surface area contributed by atoms with Crippen molar-refractivity contribution in [2.24, 2.45) is 0 Å². The zero-order valence-electron chi connectivity index (χ0n) is 33.2. The molecule has 4 aliphatic heterocycles. The summed E-state index contributed by atoms with van der Waals surface area (Å²) in [6.07, 6.45) is -30.4. The topological polar surface area (TPSA) is 458 Å². The lowest BCUT2D eigenvalue weighted by Crippen LogP contribution is -2.63. The molecule has 4 aliphatic rings. The van der Waals surface area contributed by atoms with Gasteiger partial charge in [-0.2, -0.15) is 0 Å². The van der Waals surface area contributed by atoms with E-state index in [4.69, 9.17) is 28.4 Å². The van der Waals surface area contributed by atoms with Gasteiger partial charge in [0.1, 0.15) is 120 Å². The number of hydrogen-bond donors (Lipinski definition) is 16. The standard InChI is InChI=1S/C34H50N8O22/c43-5-11-17(47)21(51)27(57)33(61-11)63-29-13(7-45)59-31(25(55)23(29)53)41-3-9(37-39-41)1-35-15-16(20(50)19(15)49)36-2-10-4-42(40-38-10)32-26(56)24(54)30(14(8-46)60-32)64-34-28(58)22(52)18(48)12(6-44)62-34/h3-4,11-14,17-18,21-36,43-48,51-58H,1-2,5-8H2/t11-,12-,13-,14-,17+,18+,21+,22+,23-,24-,25-,26-,27-,28-,29+,30+,31-,32-,33+,34+/m1/s1. The van der Waals surface area contributed by atoms with Crippen LogP contribution < -0.4 is 21.5 Å². The van der Waals surface area contributed by atoms with E-state index in [2.05, 4.69) is 31.3 Å². The largest absolute Gasteiger partial charge is 0.394 e. The van der Waals surface area contributed by atoms with Gasteiger partial charge in [0.25, 0.3) is 10.9 Å². The van der Waals surface area contributed by atoms with Crippen LogP contribution in [0.1, 0.15) is 23.8 Å². The summed E-state index contributed by atoms with van der Waals surface area (Å²) >= 11 is 0. The van der Waals surface area contributed by atoms with Crippen LogP contribution in [0.4, 0.5) is 11.4 Å².